The van der Waals surface area contributed by atoms with Crippen LogP contribution in [0, 0.1) is 34.5 Å². The molecule has 0 radical (unpaired) electrons. The van der Waals surface area contributed by atoms with Crippen molar-refractivity contribution in [1.29, 1.82) is 0 Å². The Labute approximate surface area is 219 Å². The Kier molecular flexibility index (Phi) is 7.10. The summed E-state index contributed by atoms with van der Waals surface area (Å²) in [6.07, 6.45) is 4.81. The van der Waals surface area contributed by atoms with Crippen LogP contribution < -0.4 is 0 Å². The topological polar surface area (TPSA) is 104 Å². The molecule has 10 atom stereocenters. The second kappa shape index (κ2) is 8.98. The van der Waals surface area contributed by atoms with Crippen molar-refractivity contribution in [2.24, 2.45) is 34.5 Å². The molecule has 0 unspecified atom stereocenters. The molecule has 0 heterocycles. The van der Waals surface area contributed by atoms with E-state index in [-0.39, 0.29) is 52.9 Å². The summed E-state index contributed by atoms with van der Waals surface area (Å²) in [5, 5.41) is 31.7. The van der Waals surface area contributed by atoms with Gasteiger partial charge in [0.1, 0.15) is 0 Å². The van der Waals surface area contributed by atoms with Gasteiger partial charge in [-0.2, -0.15) is 0 Å². The lowest BCUT2D eigenvalue weighted by Crippen LogP contribution is -2.69. The molecule has 0 aliphatic heterocycles. The Morgan fingerprint density at radius 1 is 1.06 bits per heavy atom. The van der Waals surface area contributed by atoms with Crippen molar-refractivity contribution in [3.8, 4) is 0 Å². The first-order chi connectivity index (χ1) is 15.7. The third-order valence-electron chi connectivity index (χ3n) is 10.5. The van der Waals surface area contributed by atoms with Gasteiger partial charge in [0, 0.05) is 15.6 Å². The molecule has 0 spiro atoms. The van der Waals surface area contributed by atoms with Crippen LogP contribution in [-0.2, 0) is 14.3 Å². The van der Waals surface area contributed by atoms with Gasteiger partial charge in [0.25, 0.3) is 0 Å². The standard InChI is InChI=1S/C26H40Br2O6/c1-14(2)34-22(32)20-19-16-7-11-25(33,12-8-18(30)31)23(16,3)10-6-17(19)24(4)9-5-15(29)13-26(24,28)21(20)27/h14-17,19-21,29,33H,5-13H2,1-4H3,(H,30,31)/t15-,16-,17-,19-,20-,21+,23-,24+,25+,26-/m0/s1. The summed E-state index contributed by atoms with van der Waals surface area (Å²) in [4.78, 5) is 24.8. The number of hydrogen-bond donors (Lipinski definition) is 3. The van der Waals surface area contributed by atoms with E-state index in [2.05, 4.69) is 45.7 Å². The fourth-order valence-corrected chi connectivity index (χ4v) is 11.0. The second-order valence-corrected chi connectivity index (χ2v) is 14.7. The molecule has 6 nitrogen and oxygen atoms in total. The lowest BCUT2D eigenvalue weighted by molar-refractivity contribution is -0.186. The molecule has 0 bridgehead atoms. The molecular weight excluding hydrogens is 568 g/mol. The van der Waals surface area contributed by atoms with Gasteiger partial charge in [-0.15, -0.1) is 0 Å². The summed E-state index contributed by atoms with van der Waals surface area (Å²) in [7, 11) is 0. The van der Waals surface area contributed by atoms with Gasteiger partial charge in [-0.25, -0.2) is 0 Å². The van der Waals surface area contributed by atoms with Crippen molar-refractivity contribution < 1.29 is 29.6 Å². The predicted molar refractivity (Wildman–Crippen MR) is 136 cm³/mol. The molecule has 0 aromatic rings. The van der Waals surface area contributed by atoms with Gasteiger partial charge >= 0.3 is 11.9 Å². The minimum absolute atomic E-state index is 0.0270. The number of aliphatic hydroxyl groups excluding tert-OH is 1. The number of carboxylic acid groups (broad SMARTS) is 1. The van der Waals surface area contributed by atoms with Crippen molar-refractivity contribution in [2.75, 3.05) is 0 Å². The molecule has 3 N–H and O–H groups in total. The van der Waals surface area contributed by atoms with Gasteiger partial charge in [-0.1, -0.05) is 45.7 Å². The molecule has 4 rings (SSSR count). The van der Waals surface area contributed by atoms with Crippen LogP contribution in [0.1, 0.15) is 85.5 Å². The van der Waals surface area contributed by atoms with Crippen molar-refractivity contribution in [2.45, 2.75) is 112 Å². The molecule has 0 aromatic heterocycles. The molecule has 4 aliphatic rings. The van der Waals surface area contributed by atoms with Crippen LogP contribution in [0.4, 0.5) is 0 Å². The SMILES string of the molecule is CC(C)OC(=O)[C@H]1[C@H]2[C@@H]3CC[C@@](O)(CCC(=O)O)[C@@]3(C)CC[C@@H]2[C@@]2(C)CC[C@H](O)C[C@]2(Br)[C@@H]1Br. The van der Waals surface area contributed by atoms with E-state index < -0.39 is 33.3 Å². The Morgan fingerprint density at radius 2 is 1.65 bits per heavy atom. The van der Waals surface area contributed by atoms with E-state index in [4.69, 9.17) is 4.74 Å². The molecule has 4 aliphatic carbocycles. The Hall–Kier alpha value is -0.180. The molecule has 0 amide bonds. The molecule has 8 heteroatoms. The van der Waals surface area contributed by atoms with E-state index in [1.807, 2.05) is 13.8 Å². The summed E-state index contributed by atoms with van der Waals surface area (Å²) >= 11 is 8.05. The summed E-state index contributed by atoms with van der Waals surface area (Å²) in [6, 6.07) is 0. The van der Waals surface area contributed by atoms with Gasteiger partial charge in [0.15, 0.2) is 0 Å². The third-order valence-corrected chi connectivity index (χ3v) is 14.2. The summed E-state index contributed by atoms with van der Waals surface area (Å²) in [5.41, 5.74) is -1.60. The number of aliphatic hydroxyl groups is 2. The first-order valence-corrected chi connectivity index (χ1v) is 14.6. The summed E-state index contributed by atoms with van der Waals surface area (Å²) in [5.74, 6) is -1.12. The Morgan fingerprint density at radius 3 is 2.26 bits per heavy atom. The average molecular weight is 608 g/mol. The molecular formula is C26H40Br2O6. The normalized spacial score (nSPS) is 50.3. The van der Waals surface area contributed by atoms with E-state index in [1.54, 1.807) is 0 Å². The molecule has 4 fully saturated rings. The molecule has 34 heavy (non-hydrogen) atoms. The minimum atomic E-state index is -1.04. The highest BCUT2D eigenvalue weighted by molar-refractivity contribution is 9.12. The maximum atomic E-state index is 13.7. The van der Waals surface area contributed by atoms with Crippen LogP contribution in [0.15, 0.2) is 0 Å². The minimum Gasteiger partial charge on any atom is -0.481 e. The summed E-state index contributed by atoms with van der Waals surface area (Å²) in [6.45, 7) is 8.17. The maximum Gasteiger partial charge on any atom is 0.310 e. The predicted octanol–water partition coefficient (Wildman–Crippen LogP) is 5.05. The zero-order chi connectivity index (χ0) is 25.3. The quantitative estimate of drug-likeness (QED) is 0.298. The number of halogens is 2. The lowest BCUT2D eigenvalue weighted by atomic mass is 9.42. The van der Waals surface area contributed by atoms with Gasteiger partial charge in [-0.05, 0) is 93.8 Å². The largest absolute Gasteiger partial charge is 0.481 e. The van der Waals surface area contributed by atoms with Crippen LogP contribution in [0.3, 0.4) is 0 Å². The Bertz CT molecular complexity index is 836. The lowest BCUT2D eigenvalue weighted by Gasteiger charge is -2.67. The number of carboxylic acids is 1. The summed E-state index contributed by atoms with van der Waals surface area (Å²) < 4.78 is 5.37. The number of aliphatic carboxylic acids is 1. The fraction of sp³-hybridized carbons (Fsp3) is 0.923. The van der Waals surface area contributed by atoms with Crippen molar-refractivity contribution in [3.05, 3.63) is 0 Å². The zero-order valence-corrected chi connectivity index (χ0v) is 23.9. The number of rotatable bonds is 5. The van der Waals surface area contributed by atoms with Gasteiger partial charge < -0.3 is 20.1 Å². The van der Waals surface area contributed by atoms with Crippen LogP contribution in [-0.4, -0.2) is 54.2 Å². The second-order valence-electron chi connectivity index (χ2n) is 12.3. The number of hydrogen-bond acceptors (Lipinski definition) is 5. The van der Waals surface area contributed by atoms with E-state index in [0.29, 0.717) is 12.8 Å². The highest BCUT2D eigenvalue weighted by Crippen LogP contribution is 2.73. The van der Waals surface area contributed by atoms with Crippen LogP contribution in [0.2, 0.25) is 0 Å². The number of carbonyl (C=O) groups is 2. The molecule has 0 saturated heterocycles. The van der Waals surface area contributed by atoms with Crippen molar-refractivity contribution in [1.82, 2.24) is 0 Å². The monoisotopic (exact) mass is 606 g/mol. The van der Waals surface area contributed by atoms with E-state index in [0.717, 1.165) is 32.1 Å². The number of carbonyl (C=O) groups excluding carboxylic acids is 1. The first kappa shape index (κ1) is 26.9. The fourth-order valence-electron chi connectivity index (χ4n) is 8.62. The number of fused-ring (bicyclic) bond motifs is 5. The zero-order valence-electron chi connectivity index (χ0n) is 20.7. The van der Waals surface area contributed by atoms with E-state index >= 15 is 0 Å². The van der Waals surface area contributed by atoms with Gasteiger partial charge in [0.05, 0.1) is 23.7 Å². The highest BCUT2D eigenvalue weighted by atomic mass is 79.9. The van der Waals surface area contributed by atoms with Gasteiger partial charge in [-0.3, -0.25) is 9.59 Å². The van der Waals surface area contributed by atoms with Crippen molar-refractivity contribution >= 4 is 43.8 Å². The first-order valence-electron chi connectivity index (χ1n) is 12.9. The third kappa shape index (κ3) is 3.83. The molecule has 4 saturated carbocycles. The van der Waals surface area contributed by atoms with Crippen molar-refractivity contribution in [3.63, 3.8) is 0 Å². The molecule has 0 aromatic carbocycles. The van der Waals surface area contributed by atoms with Crippen LogP contribution in [0.25, 0.3) is 0 Å². The Balaban J connectivity index is 1.78. The van der Waals surface area contributed by atoms with Crippen LogP contribution >= 0.6 is 31.9 Å². The van der Waals surface area contributed by atoms with E-state index in [9.17, 15) is 24.9 Å². The number of ether oxygens (including phenoxy) is 1. The molecule has 194 valence electrons. The number of alkyl halides is 2. The highest BCUT2D eigenvalue weighted by Gasteiger charge is 2.72. The average Bonchev–Trinajstić information content (AvgIpc) is 3.00. The maximum absolute atomic E-state index is 13.7. The van der Waals surface area contributed by atoms with Gasteiger partial charge in [0.2, 0.25) is 0 Å². The number of esters is 1. The van der Waals surface area contributed by atoms with Crippen LogP contribution in [0.5, 0.6) is 0 Å². The smallest absolute Gasteiger partial charge is 0.310 e. The van der Waals surface area contributed by atoms with E-state index in [1.165, 1.54) is 0 Å².